The molecule has 0 fully saturated rings. The van der Waals surface area contributed by atoms with Gasteiger partial charge in [0.2, 0.25) is 0 Å². The number of hydrogen-bond acceptors (Lipinski definition) is 2. The van der Waals surface area contributed by atoms with Crippen LogP contribution < -0.4 is 5.73 Å². The Morgan fingerprint density at radius 2 is 1.77 bits per heavy atom. The van der Waals surface area contributed by atoms with Crippen LogP contribution in [0.1, 0.15) is 0 Å². The van der Waals surface area contributed by atoms with Crippen molar-refractivity contribution in [1.82, 2.24) is 0 Å². The SMILES string of the molecule is Nc1cccc(Br)c1.O=P(O)(O)O. The molecule has 0 heterocycles. The lowest BCUT2D eigenvalue weighted by Gasteiger charge is -1.89. The van der Waals surface area contributed by atoms with Crippen molar-refractivity contribution < 1.29 is 19.2 Å². The monoisotopic (exact) mass is 269 g/mol. The maximum atomic E-state index is 8.88. The van der Waals surface area contributed by atoms with Crippen LogP contribution in [0.5, 0.6) is 0 Å². The van der Waals surface area contributed by atoms with Crippen molar-refractivity contribution in [2.24, 2.45) is 0 Å². The summed E-state index contributed by atoms with van der Waals surface area (Å²) < 4.78 is 9.91. The minimum Gasteiger partial charge on any atom is -0.399 e. The van der Waals surface area contributed by atoms with Crippen molar-refractivity contribution in [3.63, 3.8) is 0 Å². The molecule has 0 bridgehead atoms. The average Bonchev–Trinajstić information content (AvgIpc) is 1.81. The van der Waals surface area contributed by atoms with E-state index in [-0.39, 0.29) is 0 Å². The molecule has 0 saturated heterocycles. The van der Waals surface area contributed by atoms with E-state index in [9.17, 15) is 0 Å². The summed E-state index contributed by atoms with van der Waals surface area (Å²) in [6.07, 6.45) is 0. The van der Waals surface area contributed by atoms with E-state index in [2.05, 4.69) is 15.9 Å². The maximum Gasteiger partial charge on any atom is 0.466 e. The summed E-state index contributed by atoms with van der Waals surface area (Å²) >= 11 is 3.28. The Morgan fingerprint density at radius 1 is 1.31 bits per heavy atom. The molecule has 74 valence electrons. The molecule has 7 heteroatoms. The van der Waals surface area contributed by atoms with E-state index >= 15 is 0 Å². The van der Waals surface area contributed by atoms with Gasteiger partial charge in [-0.1, -0.05) is 22.0 Å². The van der Waals surface area contributed by atoms with Crippen LogP contribution in [0.4, 0.5) is 5.69 Å². The van der Waals surface area contributed by atoms with Gasteiger partial charge in [0, 0.05) is 10.2 Å². The van der Waals surface area contributed by atoms with Gasteiger partial charge in [-0.15, -0.1) is 0 Å². The highest BCUT2D eigenvalue weighted by Crippen LogP contribution is 2.25. The number of nitrogens with two attached hydrogens (primary N) is 1. The fraction of sp³-hybridized carbons (Fsp3) is 0. The number of rotatable bonds is 0. The number of phosphoric acid groups is 1. The molecule has 0 aliphatic heterocycles. The van der Waals surface area contributed by atoms with Gasteiger partial charge < -0.3 is 20.4 Å². The molecule has 1 aromatic carbocycles. The van der Waals surface area contributed by atoms with Gasteiger partial charge in [0.15, 0.2) is 0 Å². The van der Waals surface area contributed by atoms with E-state index in [1.165, 1.54) is 0 Å². The normalized spacial score (nSPS) is 10.2. The number of halogens is 1. The zero-order chi connectivity index (χ0) is 10.5. The fourth-order valence-electron chi connectivity index (χ4n) is 0.507. The predicted molar refractivity (Wildman–Crippen MR) is 52.8 cm³/mol. The number of benzene rings is 1. The van der Waals surface area contributed by atoms with Gasteiger partial charge in [-0.05, 0) is 18.2 Å². The van der Waals surface area contributed by atoms with Crippen molar-refractivity contribution in [2.75, 3.05) is 5.73 Å². The van der Waals surface area contributed by atoms with Crippen LogP contribution >= 0.6 is 23.8 Å². The average molecular weight is 270 g/mol. The van der Waals surface area contributed by atoms with Gasteiger partial charge in [0.25, 0.3) is 0 Å². The molecule has 0 aliphatic carbocycles. The third kappa shape index (κ3) is 11.6. The lowest BCUT2D eigenvalue weighted by atomic mass is 10.3. The lowest BCUT2D eigenvalue weighted by Crippen LogP contribution is -1.80. The highest BCUT2D eigenvalue weighted by molar-refractivity contribution is 9.10. The van der Waals surface area contributed by atoms with E-state index in [1.54, 1.807) is 0 Å². The maximum absolute atomic E-state index is 8.88. The van der Waals surface area contributed by atoms with Gasteiger partial charge in [-0.2, -0.15) is 0 Å². The molecule has 0 unspecified atom stereocenters. The molecule has 0 aromatic heterocycles. The van der Waals surface area contributed by atoms with Gasteiger partial charge in [0.1, 0.15) is 0 Å². The zero-order valence-corrected chi connectivity index (χ0v) is 8.94. The third-order valence-corrected chi connectivity index (χ3v) is 1.34. The largest absolute Gasteiger partial charge is 0.466 e. The Hall–Kier alpha value is -0.390. The molecule has 0 amide bonds. The molecule has 0 spiro atoms. The molecule has 0 saturated carbocycles. The van der Waals surface area contributed by atoms with E-state index in [4.69, 9.17) is 25.0 Å². The minimum absolute atomic E-state index is 0.791. The summed E-state index contributed by atoms with van der Waals surface area (Å²) in [6.45, 7) is 0. The zero-order valence-electron chi connectivity index (χ0n) is 6.46. The summed E-state index contributed by atoms with van der Waals surface area (Å²) in [6, 6.07) is 7.56. The van der Waals surface area contributed by atoms with E-state index in [0.29, 0.717) is 0 Å². The summed E-state index contributed by atoms with van der Waals surface area (Å²) in [7, 11) is -4.64. The standard InChI is InChI=1S/C6H6BrN.H3O4P/c7-5-2-1-3-6(8)4-5;1-5(2,3)4/h1-4H,8H2;(H3,1,2,3,4). The summed E-state index contributed by atoms with van der Waals surface area (Å²) in [5, 5.41) is 0. The van der Waals surface area contributed by atoms with Gasteiger partial charge in [-0.25, -0.2) is 4.57 Å². The molecule has 5 nitrogen and oxygen atoms in total. The fourth-order valence-corrected chi connectivity index (χ4v) is 0.924. The summed E-state index contributed by atoms with van der Waals surface area (Å²) in [4.78, 5) is 21.6. The second kappa shape index (κ2) is 5.36. The second-order valence-electron chi connectivity index (χ2n) is 2.07. The molecule has 13 heavy (non-hydrogen) atoms. The molecule has 0 radical (unpaired) electrons. The van der Waals surface area contributed by atoms with Crippen molar-refractivity contribution in [1.29, 1.82) is 0 Å². The topological polar surface area (TPSA) is 104 Å². The molecular formula is C6H9BrNO4P. The molecular weight excluding hydrogens is 261 g/mol. The number of hydrogen-bond donors (Lipinski definition) is 4. The number of nitrogen functional groups attached to an aromatic ring is 1. The predicted octanol–water partition coefficient (Wildman–Crippen LogP) is 1.10. The van der Waals surface area contributed by atoms with Crippen LogP contribution in [0.2, 0.25) is 0 Å². The first kappa shape index (κ1) is 12.6. The molecule has 0 aliphatic rings. The van der Waals surface area contributed by atoms with Gasteiger partial charge in [-0.3, -0.25) is 0 Å². The first-order valence-electron chi connectivity index (χ1n) is 3.08. The van der Waals surface area contributed by atoms with Crippen molar-refractivity contribution in [2.45, 2.75) is 0 Å². The van der Waals surface area contributed by atoms with Crippen LogP contribution in [0, 0.1) is 0 Å². The van der Waals surface area contributed by atoms with Crippen LogP contribution in [0.3, 0.4) is 0 Å². The van der Waals surface area contributed by atoms with Crippen molar-refractivity contribution >= 4 is 29.4 Å². The minimum atomic E-state index is -4.64. The van der Waals surface area contributed by atoms with Crippen LogP contribution in [0.15, 0.2) is 28.7 Å². The van der Waals surface area contributed by atoms with Crippen LogP contribution in [-0.2, 0) is 4.57 Å². The molecule has 1 aromatic rings. The highest BCUT2D eigenvalue weighted by atomic mass is 79.9. The van der Waals surface area contributed by atoms with Crippen LogP contribution in [-0.4, -0.2) is 14.7 Å². The summed E-state index contributed by atoms with van der Waals surface area (Å²) in [5.74, 6) is 0. The van der Waals surface area contributed by atoms with Gasteiger partial charge >= 0.3 is 7.82 Å². The number of anilines is 1. The van der Waals surface area contributed by atoms with E-state index in [0.717, 1.165) is 10.2 Å². The van der Waals surface area contributed by atoms with Gasteiger partial charge in [0.05, 0.1) is 0 Å². The Labute approximate surface area is 83.6 Å². The van der Waals surface area contributed by atoms with Crippen molar-refractivity contribution in [3.8, 4) is 0 Å². The Bertz CT molecular complexity index is 288. The summed E-state index contributed by atoms with van der Waals surface area (Å²) in [5.41, 5.74) is 6.22. The Balaban J connectivity index is 0.000000252. The lowest BCUT2D eigenvalue weighted by molar-refractivity contribution is 0.275. The molecule has 1 rings (SSSR count). The van der Waals surface area contributed by atoms with E-state index in [1.807, 2.05) is 24.3 Å². The van der Waals surface area contributed by atoms with Crippen molar-refractivity contribution in [3.05, 3.63) is 28.7 Å². The molecule has 5 N–H and O–H groups in total. The molecule has 0 atom stereocenters. The van der Waals surface area contributed by atoms with Crippen LogP contribution in [0.25, 0.3) is 0 Å². The smallest absolute Gasteiger partial charge is 0.399 e. The Morgan fingerprint density at radius 3 is 2.00 bits per heavy atom. The first-order valence-corrected chi connectivity index (χ1v) is 5.44. The first-order chi connectivity index (χ1) is 5.79. The highest BCUT2D eigenvalue weighted by Gasteiger charge is 2.00. The second-order valence-corrected chi connectivity index (χ2v) is 4.01. The third-order valence-electron chi connectivity index (χ3n) is 0.849. The Kier molecular flexibility index (Phi) is 5.20. The van der Waals surface area contributed by atoms with E-state index < -0.39 is 7.82 Å². The quantitative estimate of drug-likeness (QED) is 0.417.